The summed E-state index contributed by atoms with van der Waals surface area (Å²) in [6.07, 6.45) is -4.27. The Labute approximate surface area is 124 Å². The Morgan fingerprint density at radius 1 is 1.24 bits per heavy atom. The van der Waals surface area contributed by atoms with Gasteiger partial charge in [0.1, 0.15) is 0 Å². The lowest BCUT2D eigenvalue weighted by molar-refractivity contribution is -0.148. The zero-order valence-corrected chi connectivity index (χ0v) is 12.6. The fourth-order valence-corrected chi connectivity index (χ4v) is 4.65. The molecule has 1 aromatic rings. The number of rotatable bonds is 4. The van der Waals surface area contributed by atoms with Gasteiger partial charge in [-0.25, -0.2) is 8.42 Å². The molecule has 120 valence electrons. The van der Waals surface area contributed by atoms with Crippen molar-refractivity contribution in [2.24, 2.45) is 0 Å². The molecule has 1 N–H and O–H groups in total. The highest BCUT2D eigenvalue weighted by Gasteiger charge is 2.35. The van der Waals surface area contributed by atoms with E-state index in [9.17, 15) is 21.6 Å². The van der Waals surface area contributed by atoms with Crippen molar-refractivity contribution in [2.75, 3.05) is 32.7 Å². The van der Waals surface area contributed by atoms with Gasteiger partial charge in [0.25, 0.3) is 0 Å². The molecule has 0 radical (unpaired) electrons. The van der Waals surface area contributed by atoms with Gasteiger partial charge in [-0.15, -0.1) is 11.3 Å². The van der Waals surface area contributed by atoms with E-state index in [1.165, 1.54) is 20.7 Å². The fraction of sp³-hybridized carbons (Fsp3) is 0.636. The maximum Gasteiger partial charge on any atom is 0.401 e. The van der Waals surface area contributed by atoms with Crippen LogP contribution in [0.2, 0.25) is 0 Å². The van der Waals surface area contributed by atoms with E-state index in [4.69, 9.17) is 5.11 Å². The molecule has 0 unspecified atom stereocenters. The third-order valence-corrected chi connectivity index (χ3v) is 6.10. The number of halogens is 3. The molecule has 1 aliphatic heterocycles. The Morgan fingerprint density at radius 2 is 1.86 bits per heavy atom. The number of sulfonamides is 1. The van der Waals surface area contributed by atoms with Gasteiger partial charge in [0, 0.05) is 36.4 Å². The van der Waals surface area contributed by atoms with Crippen LogP contribution in [0.5, 0.6) is 0 Å². The van der Waals surface area contributed by atoms with Crippen LogP contribution in [-0.2, 0) is 16.6 Å². The predicted molar refractivity (Wildman–Crippen MR) is 71.5 cm³/mol. The highest BCUT2D eigenvalue weighted by Crippen LogP contribution is 2.24. The van der Waals surface area contributed by atoms with Crippen LogP contribution in [0.4, 0.5) is 13.2 Å². The third-order valence-electron chi connectivity index (χ3n) is 3.16. The zero-order valence-electron chi connectivity index (χ0n) is 11.0. The van der Waals surface area contributed by atoms with Crippen LogP contribution >= 0.6 is 11.3 Å². The van der Waals surface area contributed by atoms with Gasteiger partial charge in [0.2, 0.25) is 10.0 Å². The molecule has 5 nitrogen and oxygen atoms in total. The van der Waals surface area contributed by atoms with Gasteiger partial charge in [-0.2, -0.15) is 17.5 Å². The monoisotopic (exact) mass is 344 g/mol. The Balaban J connectivity index is 2.01. The van der Waals surface area contributed by atoms with Crippen LogP contribution in [0.15, 0.2) is 16.3 Å². The third kappa shape index (κ3) is 4.16. The molecule has 0 aromatic carbocycles. The van der Waals surface area contributed by atoms with Crippen LogP contribution in [0.3, 0.4) is 0 Å². The number of hydrogen-bond acceptors (Lipinski definition) is 5. The van der Waals surface area contributed by atoms with E-state index in [2.05, 4.69) is 0 Å². The van der Waals surface area contributed by atoms with Gasteiger partial charge in [0.15, 0.2) is 0 Å². The number of thiophene rings is 1. The Kier molecular flexibility index (Phi) is 4.93. The van der Waals surface area contributed by atoms with Crippen LogP contribution in [0.1, 0.15) is 4.88 Å². The van der Waals surface area contributed by atoms with Crippen molar-refractivity contribution < 1.29 is 26.7 Å². The van der Waals surface area contributed by atoms with Crippen molar-refractivity contribution in [1.82, 2.24) is 9.21 Å². The van der Waals surface area contributed by atoms with Crippen molar-refractivity contribution in [1.29, 1.82) is 0 Å². The molecule has 0 saturated carbocycles. The lowest BCUT2D eigenvalue weighted by Crippen LogP contribution is -2.50. The summed E-state index contributed by atoms with van der Waals surface area (Å²) >= 11 is 1.13. The largest absolute Gasteiger partial charge is 0.401 e. The van der Waals surface area contributed by atoms with Gasteiger partial charge in [-0.1, -0.05) is 0 Å². The molecule has 0 aliphatic carbocycles. The first-order valence-electron chi connectivity index (χ1n) is 6.20. The molecule has 1 fully saturated rings. The molecule has 10 heteroatoms. The fourth-order valence-electron chi connectivity index (χ4n) is 2.11. The molecule has 1 aromatic heterocycles. The van der Waals surface area contributed by atoms with E-state index in [0.29, 0.717) is 4.88 Å². The first-order chi connectivity index (χ1) is 9.72. The summed E-state index contributed by atoms with van der Waals surface area (Å²) in [6.45, 7) is -1.09. The van der Waals surface area contributed by atoms with Crippen molar-refractivity contribution in [3.05, 3.63) is 16.3 Å². The lowest BCUT2D eigenvalue weighted by Gasteiger charge is -2.34. The lowest BCUT2D eigenvalue weighted by atomic mass is 10.3. The highest BCUT2D eigenvalue weighted by molar-refractivity contribution is 7.89. The van der Waals surface area contributed by atoms with E-state index in [-0.39, 0.29) is 37.7 Å². The van der Waals surface area contributed by atoms with Crippen molar-refractivity contribution in [2.45, 2.75) is 17.7 Å². The summed E-state index contributed by atoms with van der Waals surface area (Å²) in [7, 11) is -3.69. The number of alkyl halides is 3. The molecule has 2 heterocycles. The van der Waals surface area contributed by atoms with Gasteiger partial charge in [-0.05, 0) is 6.07 Å². The van der Waals surface area contributed by atoms with E-state index in [0.717, 1.165) is 11.3 Å². The van der Waals surface area contributed by atoms with E-state index in [1.807, 2.05) is 0 Å². The second kappa shape index (κ2) is 6.21. The van der Waals surface area contributed by atoms with Crippen LogP contribution < -0.4 is 0 Å². The molecule has 0 atom stereocenters. The molecule has 2 rings (SSSR count). The second-order valence-corrected chi connectivity index (χ2v) is 7.64. The minimum absolute atomic E-state index is 0.0305. The smallest absolute Gasteiger partial charge is 0.391 e. The van der Waals surface area contributed by atoms with Gasteiger partial charge < -0.3 is 5.11 Å². The minimum Gasteiger partial charge on any atom is -0.391 e. The zero-order chi connectivity index (χ0) is 15.7. The average molecular weight is 344 g/mol. The summed E-state index contributed by atoms with van der Waals surface area (Å²) < 4.78 is 62.7. The minimum atomic E-state index is -4.27. The van der Waals surface area contributed by atoms with E-state index >= 15 is 0 Å². The average Bonchev–Trinajstić information content (AvgIpc) is 2.87. The van der Waals surface area contributed by atoms with Crippen LogP contribution in [0, 0.1) is 0 Å². The van der Waals surface area contributed by atoms with Crippen molar-refractivity contribution in [3.8, 4) is 0 Å². The normalized spacial score (nSPS) is 19.0. The summed E-state index contributed by atoms with van der Waals surface area (Å²) in [6, 6.07) is 1.39. The Hall–Kier alpha value is -0.680. The number of nitrogens with zero attached hydrogens (tertiary/aromatic N) is 2. The molecule has 21 heavy (non-hydrogen) atoms. The van der Waals surface area contributed by atoms with Crippen LogP contribution in [0.25, 0.3) is 0 Å². The summed E-state index contributed by atoms with van der Waals surface area (Å²) in [5.74, 6) is 0. The Morgan fingerprint density at radius 3 is 2.33 bits per heavy atom. The molecule has 1 saturated heterocycles. The standard InChI is InChI=1S/C11H15F3N2O3S2/c12-11(13,14)8-15-1-3-16(4-2-15)21(18,19)10-5-9(6-17)20-7-10/h5,7,17H,1-4,6,8H2. The maximum atomic E-state index is 12.3. The number of aliphatic hydroxyl groups is 1. The van der Waals surface area contributed by atoms with Gasteiger partial charge >= 0.3 is 6.18 Å². The highest BCUT2D eigenvalue weighted by atomic mass is 32.2. The van der Waals surface area contributed by atoms with Gasteiger partial charge in [-0.3, -0.25) is 4.90 Å². The molecular formula is C11H15F3N2O3S2. The quantitative estimate of drug-likeness (QED) is 0.889. The van der Waals surface area contributed by atoms with E-state index in [1.54, 1.807) is 0 Å². The van der Waals surface area contributed by atoms with Gasteiger partial charge in [0.05, 0.1) is 18.0 Å². The topological polar surface area (TPSA) is 60.9 Å². The van der Waals surface area contributed by atoms with E-state index < -0.39 is 22.7 Å². The maximum absolute atomic E-state index is 12.3. The molecule has 0 bridgehead atoms. The van der Waals surface area contributed by atoms with Crippen LogP contribution in [-0.4, -0.2) is 61.6 Å². The SMILES string of the molecule is O=S(=O)(c1csc(CO)c1)N1CCN(CC(F)(F)F)CC1. The molecular weight excluding hydrogens is 329 g/mol. The van der Waals surface area contributed by atoms with Crippen molar-refractivity contribution in [3.63, 3.8) is 0 Å². The molecule has 0 spiro atoms. The first-order valence-corrected chi connectivity index (χ1v) is 8.52. The first kappa shape index (κ1) is 16.7. The number of hydrogen-bond donors (Lipinski definition) is 1. The second-order valence-electron chi connectivity index (χ2n) is 4.70. The number of piperazine rings is 1. The van der Waals surface area contributed by atoms with Crippen molar-refractivity contribution >= 4 is 21.4 Å². The summed E-state index contributed by atoms with van der Waals surface area (Å²) in [5, 5.41) is 10.4. The Bertz CT molecular complexity index is 578. The predicted octanol–water partition coefficient (Wildman–Crippen LogP) is 1.11. The summed E-state index contributed by atoms with van der Waals surface area (Å²) in [4.78, 5) is 1.81. The summed E-state index contributed by atoms with van der Waals surface area (Å²) in [5.41, 5.74) is 0. The molecule has 0 amide bonds. The molecule has 1 aliphatic rings. The number of aliphatic hydroxyl groups excluding tert-OH is 1.